The van der Waals surface area contributed by atoms with Crippen LogP contribution in [0.5, 0.6) is 5.75 Å². The minimum absolute atomic E-state index is 0.142. The molecule has 2 aromatic carbocycles. The van der Waals surface area contributed by atoms with Crippen LogP contribution >= 0.6 is 0 Å². The van der Waals surface area contributed by atoms with E-state index < -0.39 is 12.1 Å². The molecule has 1 fully saturated rings. The summed E-state index contributed by atoms with van der Waals surface area (Å²) in [7, 11) is 0. The normalized spacial score (nSPS) is 16.8. The molecule has 1 N–H and O–H groups in total. The van der Waals surface area contributed by atoms with E-state index in [4.69, 9.17) is 9.47 Å². The molecule has 0 bridgehead atoms. The van der Waals surface area contributed by atoms with Crippen molar-refractivity contribution in [2.24, 2.45) is 0 Å². The molecule has 0 spiro atoms. The largest absolute Gasteiger partial charge is 0.491 e. The van der Waals surface area contributed by atoms with Crippen molar-refractivity contribution in [3.05, 3.63) is 60.2 Å². The van der Waals surface area contributed by atoms with Gasteiger partial charge in [0.2, 0.25) is 12.0 Å². The number of fused-ring (bicyclic) bond motifs is 1. The molecule has 1 heterocycles. The molecule has 29 heavy (non-hydrogen) atoms. The minimum Gasteiger partial charge on any atom is -0.491 e. The van der Waals surface area contributed by atoms with E-state index >= 15 is 0 Å². The van der Waals surface area contributed by atoms with Gasteiger partial charge in [0.15, 0.2) is 0 Å². The molecule has 0 unspecified atom stereocenters. The Morgan fingerprint density at radius 2 is 1.83 bits per heavy atom. The molecule has 1 aliphatic heterocycles. The molecule has 1 aliphatic carbocycles. The second-order valence-corrected chi connectivity index (χ2v) is 7.11. The molecule has 1 atom stereocenters. The second-order valence-electron chi connectivity index (χ2n) is 7.11. The van der Waals surface area contributed by atoms with Crippen LogP contribution in [0.3, 0.4) is 0 Å². The number of benzene rings is 2. The van der Waals surface area contributed by atoms with Crippen molar-refractivity contribution >= 4 is 23.5 Å². The lowest BCUT2D eigenvalue weighted by molar-refractivity contribution is -0.155. The lowest BCUT2D eigenvalue weighted by atomic mass is 10.1. The topological polar surface area (TPSA) is 84.9 Å². The maximum absolute atomic E-state index is 12.7. The summed E-state index contributed by atoms with van der Waals surface area (Å²) in [5, 5.41) is 2.88. The number of nitrogens with one attached hydrogen (secondary N) is 1. The summed E-state index contributed by atoms with van der Waals surface area (Å²) in [5.74, 6) is -0.698. The lowest BCUT2D eigenvalue weighted by Crippen LogP contribution is -2.39. The van der Waals surface area contributed by atoms with Gasteiger partial charge in [-0.05, 0) is 25.0 Å². The first-order valence-electron chi connectivity index (χ1n) is 9.69. The first kappa shape index (κ1) is 19.0. The Kier molecular flexibility index (Phi) is 5.46. The van der Waals surface area contributed by atoms with Crippen LogP contribution < -0.4 is 15.0 Å². The average molecular weight is 394 g/mol. The van der Waals surface area contributed by atoms with Gasteiger partial charge in [-0.25, -0.2) is 0 Å². The maximum atomic E-state index is 12.7. The van der Waals surface area contributed by atoms with Gasteiger partial charge in [-0.2, -0.15) is 0 Å². The predicted octanol–water partition coefficient (Wildman–Crippen LogP) is 2.37. The molecular formula is C22H22N2O5. The predicted molar refractivity (Wildman–Crippen MR) is 105 cm³/mol. The van der Waals surface area contributed by atoms with Crippen molar-refractivity contribution in [1.29, 1.82) is 0 Å². The van der Waals surface area contributed by atoms with Crippen LogP contribution in [0.15, 0.2) is 54.6 Å². The van der Waals surface area contributed by atoms with E-state index in [0.717, 1.165) is 12.8 Å². The van der Waals surface area contributed by atoms with Crippen LogP contribution in [0, 0.1) is 0 Å². The highest BCUT2D eigenvalue weighted by Gasteiger charge is 2.32. The number of amides is 2. The van der Waals surface area contributed by atoms with Crippen molar-refractivity contribution in [3.8, 4) is 5.75 Å². The van der Waals surface area contributed by atoms with Gasteiger partial charge >= 0.3 is 5.97 Å². The Morgan fingerprint density at radius 1 is 1.10 bits per heavy atom. The first-order chi connectivity index (χ1) is 14.1. The van der Waals surface area contributed by atoms with Crippen molar-refractivity contribution < 1.29 is 23.9 Å². The number of hydrogen-bond acceptors (Lipinski definition) is 5. The monoisotopic (exact) mass is 394 g/mol. The zero-order valence-corrected chi connectivity index (χ0v) is 15.9. The molecule has 7 nitrogen and oxygen atoms in total. The Morgan fingerprint density at radius 3 is 2.59 bits per heavy atom. The Balaban J connectivity index is 1.51. The standard InChI is InChI=1S/C22H22N2O5/c25-19-12-13-28-18-9-5-4-8-17(18)24(19)14-20(26)29-21(15-6-2-1-3-7-15)22(27)23-16-10-11-16/h1-9,16,21H,10-14H2,(H,23,27)/t21-/m1/s1. The summed E-state index contributed by atoms with van der Waals surface area (Å²) in [5.41, 5.74) is 1.11. The van der Waals surface area contributed by atoms with E-state index in [1.165, 1.54) is 4.90 Å². The Labute approximate surface area is 168 Å². The summed E-state index contributed by atoms with van der Waals surface area (Å²) in [6.45, 7) is -0.0446. The maximum Gasteiger partial charge on any atom is 0.327 e. The second kappa shape index (κ2) is 8.34. The molecule has 1 saturated carbocycles. The molecule has 0 radical (unpaired) electrons. The SMILES string of the molecule is O=C(CN1C(=O)CCOc2ccccc21)O[C@@H](C(=O)NC1CC1)c1ccccc1. The smallest absolute Gasteiger partial charge is 0.327 e. The summed E-state index contributed by atoms with van der Waals surface area (Å²) in [6.07, 6.45) is 0.963. The number of carbonyl (C=O) groups is 3. The Hall–Kier alpha value is -3.35. The lowest BCUT2D eigenvalue weighted by Gasteiger charge is -2.23. The first-order valence-corrected chi connectivity index (χ1v) is 9.69. The van der Waals surface area contributed by atoms with E-state index in [2.05, 4.69) is 5.32 Å². The van der Waals surface area contributed by atoms with Crippen LogP contribution in [0.4, 0.5) is 5.69 Å². The van der Waals surface area contributed by atoms with Crippen LogP contribution in [0.1, 0.15) is 30.9 Å². The van der Waals surface area contributed by atoms with Gasteiger partial charge < -0.3 is 14.8 Å². The summed E-state index contributed by atoms with van der Waals surface area (Å²) >= 11 is 0. The highest BCUT2D eigenvalue weighted by atomic mass is 16.5. The molecule has 4 rings (SSSR count). The van der Waals surface area contributed by atoms with Gasteiger partial charge in [0.25, 0.3) is 5.91 Å². The van der Waals surface area contributed by atoms with Gasteiger partial charge in [-0.1, -0.05) is 42.5 Å². The van der Waals surface area contributed by atoms with Crippen molar-refractivity contribution in [2.45, 2.75) is 31.4 Å². The molecular weight excluding hydrogens is 372 g/mol. The molecule has 2 aromatic rings. The fourth-order valence-corrected chi connectivity index (χ4v) is 3.20. The summed E-state index contributed by atoms with van der Waals surface area (Å²) in [6, 6.07) is 16.1. The van der Waals surface area contributed by atoms with E-state index in [9.17, 15) is 14.4 Å². The van der Waals surface area contributed by atoms with Crippen molar-refractivity contribution in [1.82, 2.24) is 5.32 Å². The zero-order chi connectivity index (χ0) is 20.2. The molecule has 7 heteroatoms. The number of ether oxygens (including phenoxy) is 2. The van der Waals surface area contributed by atoms with Gasteiger partial charge in [0.05, 0.1) is 18.7 Å². The molecule has 2 amide bonds. The molecule has 0 saturated heterocycles. The van der Waals surface area contributed by atoms with E-state index in [0.29, 0.717) is 17.0 Å². The quantitative estimate of drug-likeness (QED) is 0.761. The Bertz CT molecular complexity index is 910. The van der Waals surface area contributed by atoms with Gasteiger partial charge in [-0.15, -0.1) is 0 Å². The minimum atomic E-state index is -1.06. The summed E-state index contributed by atoms with van der Waals surface area (Å²) in [4.78, 5) is 39.2. The third-order valence-corrected chi connectivity index (χ3v) is 4.83. The van der Waals surface area contributed by atoms with Crippen LogP contribution in [0.25, 0.3) is 0 Å². The highest BCUT2D eigenvalue weighted by Crippen LogP contribution is 2.31. The van der Waals surface area contributed by atoms with Crippen LogP contribution in [0.2, 0.25) is 0 Å². The molecule has 2 aliphatic rings. The number of para-hydroxylation sites is 2. The van der Waals surface area contributed by atoms with E-state index in [1.54, 1.807) is 48.5 Å². The zero-order valence-electron chi connectivity index (χ0n) is 15.9. The number of anilines is 1. The number of nitrogens with zero attached hydrogens (tertiary/aromatic N) is 1. The number of esters is 1. The van der Waals surface area contributed by atoms with E-state index in [-0.39, 0.29) is 37.4 Å². The van der Waals surface area contributed by atoms with Crippen molar-refractivity contribution in [3.63, 3.8) is 0 Å². The fraction of sp³-hybridized carbons (Fsp3) is 0.318. The van der Waals surface area contributed by atoms with Gasteiger partial charge in [0.1, 0.15) is 12.3 Å². The number of carbonyl (C=O) groups excluding carboxylic acids is 3. The fourth-order valence-electron chi connectivity index (χ4n) is 3.20. The molecule has 0 aromatic heterocycles. The van der Waals surface area contributed by atoms with Gasteiger partial charge in [0, 0.05) is 11.6 Å². The third kappa shape index (κ3) is 4.56. The number of hydrogen-bond donors (Lipinski definition) is 1. The van der Waals surface area contributed by atoms with Crippen LogP contribution in [-0.2, 0) is 19.1 Å². The van der Waals surface area contributed by atoms with Crippen molar-refractivity contribution in [2.75, 3.05) is 18.1 Å². The third-order valence-electron chi connectivity index (χ3n) is 4.83. The number of rotatable bonds is 6. The van der Waals surface area contributed by atoms with Crippen LogP contribution in [-0.4, -0.2) is 37.0 Å². The average Bonchev–Trinajstić information content (AvgIpc) is 3.56. The highest BCUT2D eigenvalue weighted by molar-refractivity contribution is 6.00. The van der Waals surface area contributed by atoms with E-state index in [1.807, 2.05) is 6.07 Å². The molecule has 150 valence electrons. The van der Waals surface area contributed by atoms with Gasteiger partial charge in [-0.3, -0.25) is 19.3 Å². The summed E-state index contributed by atoms with van der Waals surface area (Å²) < 4.78 is 11.1.